The highest BCUT2D eigenvalue weighted by Gasteiger charge is 2.21. The van der Waals surface area contributed by atoms with Crippen LogP contribution in [0.1, 0.15) is 45.1 Å². The maximum Gasteiger partial charge on any atom is 0.0598 e. The molecule has 0 aromatic carbocycles. The summed E-state index contributed by atoms with van der Waals surface area (Å²) in [7, 11) is 0. The fourth-order valence-electron chi connectivity index (χ4n) is 2.28. The van der Waals surface area contributed by atoms with Crippen molar-refractivity contribution in [3.63, 3.8) is 0 Å². The van der Waals surface area contributed by atoms with Gasteiger partial charge >= 0.3 is 0 Å². The van der Waals surface area contributed by atoms with E-state index in [9.17, 15) is 0 Å². The van der Waals surface area contributed by atoms with Crippen LogP contribution in [0.4, 0.5) is 5.69 Å². The molecule has 3 nitrogen and oxygen atoms in total. The molecule has 100 valence electrons. The maximum atomic E-state index is 4.30. The number of aromatic nitrogens is 1. The monoisotopic (exact) mass is 247 g/mol. The predicted octanol–water partition coefficient (Wildman–Crippen LogP) is 2.96. The first-order valence-electron chi connectivity index (χ1n) is 7.26. The molecule has 3 heteroatoms. The fourth-order valence-corrected chi connectivity index (χ4v) is 2.28. The first-order valence-corrected chi connectivity index (χ1v) is 7.26. The van der Waals surface area contributed by atoms with Crippen molar-refractivity contribution in [2.45, 2.75) is 52.1 Å². The van der Waals surface area contributed by atoms with Crippen LogP contribution in [0.15, 0.2) is 18.5 Å². The fraction of sp³-hybridized carbons (Fsp3) is 0.667. The second kappa shape index (κ2) is 6.74. The Kier molecular flexibility index (Phi) is 5.00. The van der Waals surface area contributed by atoms with E-state index in [-0.39, 0.29) is 0 Å². The van der Waals surface area contributed by atoms with Gasteiger partial charge in [0.1, 0.15) is 0 Å². The lowest BCUT2D eigenvalue weighted by Gasteiger charge is -2.26. The largest absolute Gasteiger partial charge is 0.370 e. The molecule has 0 spiro atoms. The average molecular weight is 247 g/mol. The van der Waals surface area contributed by atoms with E-state index in [2.05, 4.69) is 35.1 Å². The molecular weight excluding hydrogens is 222 g/mol. The zero-order valence-corrected chi connectivity index (χ0v) is 11.7. The number of nitrogens with zero attached hydrogens (tertiary/aromatic N) is 2. The molecule has 1 saturated carbocycles. The predicted molar refractivity (Wildman–Crippen MR) is 76.9 cm³/mol. The average Bonchev–Trinajstić information content (AvgIpc) is 3.21. The van der Waals surface area contributed by atoms with Gasteiger partial charge in [-0.2, -0.15) is 0 Å². The van der Waals surface area contributed by atoms with Gasteiger partial charge in [-0.1, -0.05) is 13.8 Å². The summed E-state index contributed by atoms with van der Waals surface area (Å²) >= 11 is 0. The molecule has 1 N–H and O–H groups in total. The number of rotatable bonds is 8. The van der Waals surface area contributed by atoms with Crippen LogP contribution in [-0.4, -0.2) is 24.1 Å². The first kappa shape index (κ1) is 13.3. The van der Waals surface area contributed by atoms with Gasteiger partial charge in [-0.15, -0.1) is 0 Å². The molecule has 2 rings (SSSR count). The molecule has 0 bridgehead atoms. The van der Waals surface area contributed by atoms with Crippen LogP contribution in [0.5, 0.6) is 0 Å². The Morgan fingerprint density at radius 1 is 1.28 bits per heavy atom. The number of hydrogen-bond donors (Lipinski definition) is 1. The van der Waals surface area contributed by atoms with Crippen LogP contribution in [0, 0.1) is 0 Å². The molecule has 0 saturated heterocycles. The van der Waals surface area contributed by atoms with Gasteiger partial charge in [0, 0.05) is 31.9 Å². The molecule has 1 aliphatic carbocycles. The van der Waals surface area contributed by atoms with Crippen molar-refractivity contribution >= 4 is 5.69 Å². The van der Waals surface area contributed by atoms with Gasteiger partial charge in [-0.05, 0) is 37.3 Å². The third-order valence-corrected chi connectivity index (χ3v) is 3.37. The molecule has 0 aliphatic heterocycles. The Morgan fingerprint density at radius 3 is 2.61 bits per heavy atom. The lowest BCUT2D eigenvalue weighted by molar-refractivity contribution is 0.677. The molecular formula is C15H25N3. The standard InChI is InChI=1S/C15H25N3/c1-3-9-18(10-4-2)15-12-16-8-7-13(15)11-17-14-5-6-14/h7-8,12,14,17H,3-6,9-11H2,1-2H3. The second-order valence-electron chi connectivity index (χ2n) is 5.15. The van der Waals surface area contributed by atoms with Gasteiger partial charge in [0.15, 0.2) is 0 Å². The number of pyridine rings is 1. The van der Waals surface area contributed by atoms with E-state index in [1.54, 1.807) is 0 Å². The topological polar surface area (TPSA) is 28.2 Å². The minimum absolute atomic E-state index is 0.761. The minimum atomic E-state index is 0.761. The van der Waals surface area contributed by atoms with E-state index in [4.69, 9.17) is 0 Å². The van der Waals surface area contributed by atoms with E-state index >= 15 is 0 Å². The van der Waals surface area contributed by atoms with Crippen molar-refractivity contribution < 1.29 is 0 Å². The van der Waals surface area contributed by atoms with Crippen molar-refractivity contribution in [2.75, 3.05) is 18.0 Å². The van der Waals surface area contributed by atoms with Gasteiger partial charge in [0.2, 0.25) is 0 Å². The van der Waals surface area contributed by atoms with Crippen LogP contribution in [-0.2, 0) is 6.54 Å². The van der Waals surface area contributed by atoms with E-state index in [0.717, 1.165) is 25.7 Å². The molecule has 1 aliphatic rings. The summed E-state index contributed by atoms with van der Waals surface area (Å²) in [5.74, 6) is 0. The molecule has 0 amide bonds. The van der Waals surface area contributed by atoms with Crippen molar-refractivity contribution in [1.82, 2.24) is 10.3 Å². The molecule has 1 heterocycles. The van der Waals surface area contributed by atoms with Crippen molar-refractivity contribution in [2.24, 2.45) is 0 Å². The SMILES string of the molecule is CCCN(CCC)c1cnccc1CNC1CC1. The Hall–Kier alpha value is -1.09. The van der Waals surface area contributed by atoms with Crippen LogP contribution < -0.4 is 10.2 Å². The first-order chi connectivity index (χ1) is 8.85. The molecule has 1 aromatic heterocycles. The zero-order chi connectivity index (χ0) is 12.8. The molecule has 1 fully saturated rings. The summed E-state index contributed by atoms with van der Waals surface area (Å²) in [5, 5.41) is 3.60. The molecule has 1 aromatic rings. The summed E-state index contributed by atoms with van der Waals surface area (Å²) in [6.45, 7) is 7.70. The zero-order valence-electron chi connectivity index (χ0n) is 11.7. The van der Waals surface area contributed by atoms with Crippen LogP contribution >= 0.6 is 0 Å². The Morgan fingerprint density at radius 2 is 2.00 bits per heavy atom. The summed E-state index contributed by atoms with van der Waals surface area (Å²) in [6.07, 6.45) is 8.98. The third-order valence-electron chi connectivity index (χ3n) is 3.37. The summed E-state index contributed by atoms with van der Waals surface area (Å²) in [4.78, 5) is 6.77. The van der Waals surface area contributed by atoms with Gasteiger partial charge in [0.05, 0.1) is 11.9 Å². The van der Waals surface area contributed by atoms with Gasteiger partial charge in [-0.25, -0.2) is 0 Å². The van der Waals surface area contributed by atoms with Crippen molar-refractivity contribution in [1.29, 1.82) is 0 Å². The highest BCUT2D eigenvalue weighted by molar-refractivity contribution is 5.51. The van der Waals surface area contributed by atoms with Crippen LogP contribution in [0.2, 0.25) is 0 Å². The Balaban J connectivity index is 2.06. The van der Waals surface area contributed by atoms with E-state index < -0.39 is 0 Å². The summed E-state index contributed by atoms with van der Waals surface area (Å²) in [6, 6.07) is 2.92. The smallest absolute Gasteiger partial charge is 0.0598 e. The number of anilines is 1. The lowest BCUT2D eigenvalue weighted by Crippen LogP contribution is -2.27. The Bertz CT molecular complexity index is 355. The van der Waals surface area contributed by atoms with Crippen LogP contribution in [0.25, 0.3) is 0 Å². The molecule has 18 heavy (non-hydrogen) atoms. The normalized spacial score (nSPS) is 14.8. The van der Waals surface area contributed by atoms with Crippen LogP contribution in [0.3, 0.4) is 0 Å². The van der Waals surface area contributed by atoms with Crippen molar-refractivity contribution in [3.05, 3.63) is 24.0 Å². The third kappa shape index (κ3) is 3.70. The van der Waals surface area contributed by atoms with Gasteiger partial charge < -0.3 is 10.2 Å². The lowest BCUT2D eigenvalue weighted by atomic mass is 10.2. The van der Waals surface area contributed by atoms with Gasteiger partial charge in [-0.3, -0.25) is 4.98 Å². The van der Waals surface area contributed by atoms with Crippen molar-refractivity contribution in [3.8, 4) is 0 Å². The second-order valence-corrected chi connectivity index (χ2v) is 5.15. The molecule has 0 unspecified atom stereocenters. The summed E-state index contributed by atoms with van der Waals surface area (Å²) in [5.41, 5.74) is 2.70. The highest BCUT2D eigenvalue weighted by atomic mass is 15.1. The minimum Gasteiger partial charge on any atom is -0.370 e. The summed E-state index contributed by atoms with van der Waals surface area (Å²) < 4.78 is 0. The molecule has 0 radical (unpaired) electrons. The van der Waals surface area contributed by atoms with E-state index in [0.29, 0.717) is 0 Å². The number of nitrogens with one attached hydrogen (secondary N) is 1. The maximum absolute atomic E-state index is 4.30. The molecule has 0 atom stereocenters. The quantitative estimate of drug-likeness (QED) is 0.765. The van der Waals surface area contributed by atoms with Gasteiger partial charge in [0.25, 0.3) is 0 Å². The Labute approximate surface area is 111 Å². The van der Waals surface area contributed by atoms with E-state index in [1.807, 2.05) is 12.4 Å². The number of hydrogen-bond acceptors (Lipinski definition) is 3. The van der Waals surface area contributed by atoms with E-state index in [1.165, 1.54) is 36.9 Å². The highest BCUT2D eigenvalue weighted by Crippen LogP contribution is 2.23.